The van der Waals surface area contributed by atoms with Crippen LogP contribution in [0.4, 0.5) is 34.4 Å². The number of azo groups is 2. The Morgan fingerprint density at radius 3 is 2.09 bits per heavy atom. The summed E-state index contributed by atoms with van der Waals surface area (Å²) in [6.45, 7) is 6.62. The molecule has 0 saturated heterocycles. The molecule has 2 aromatic carbocycles. The second-order valence-corrected chi connectivity index (χ2v) is 12.3. The van der Waals surface area contributed by atoms with Gasteiger partial charge in [0, 0.05) is 37.8 Å². The molecule has 16 heteroatoms. The second-order valence-electron chi connectivity index (χ2n) is 9.27. The molecule has 0 aliphatic carbocycles. The van der Waals surface area contributed by atoms with Crippen molar-refractivity contribution >= 4 is 55.3 Å². The summed E-state index contributed by atoms with van der Waals surface area (Å²) in [7, 11) is -1.72. The molecule has 3 rings (SSSR count). The van der Waals surface area contributed by atoms with Gasteiger partial charge in [0.15, 0.2) is 26.7 Å². The van der Waals surface area contributed by atoms with Crippen molar-refractivity contribution in [2.24, 2.45) is 20.5 Å². The number of benzene rings is 2. The van der Waals surface area contributed by atoms with Gasteiger partial charge < -0.3 is 24.7 Å². The Labute approximate surface area is 264 Å². The highest BCUT2D eigenvalue weighted by Gasteiger charge is 2.17. The first kappa shape index (κ1) is 35.1. The van der Waals surface area contributed by atoms with Gasteiger partial charge in [-0.25, -0.2) is 17.6 Å². The third kappa shape index (κ3) is 11.2. The Kier molecular flexibility index (Phi) is 13.9. The zero-order valence-electron chi connectivity index (χ0n) is 24.8. The summed E-state index contributed by atoms with van der Waals surface area (Å²) >= 11 is -2.06. The van der Waals surface area contributed by atoms with E-state index >= 15 is 0 Å². The number of pyridine rings is 1. The molecule has 0 aliphatic rings. The lowest BCUT2D eigenvalue weighted by Crippen LogP contribution is -2.16. The maximum Gasteiger partial charge on any atom is 0.186 e. The smallest absolute Gasteiger partial charge is 0.186 e. The quantitative estimate of drug-likeness (QED) is 0.0816. The molecule has 0 saturated carbocycles. The van der Waals surface area contributed by atoms with Gasteiger partial charge in [0.05, 0.1) is 46.5 Å². The monoisotopic (exact) mass is 654 g/mol. The van der Waals surface area contributed by atoms with Gasteiger partial charge in [-0.2, -0.15) is 20.6 Å². The van der Waals surface area contributed by atoms with Gasteiger partial charge in [-0.3, -0.25) is 0 Å². The van der Waals surface area contributed by atoms with Gasteiger partial charge in [-0.15, -0.1) is 5.11 Å². The summed E-state index contributed by atoms with van der Waals surface area (Å²) in [5, 5.41) is 34.2. The normalized spacial score (nSPS) is 12.3. The molecule has 0 bridgehead atoms. The number of ether oxygens (including phenoxy) is 2. The average molecular weight is 655 g/mol. The van der Waals surface area contributed by atoms with Crippen LogP contribution in [-0.4, -0.2) is 67.9 Å². The van der Waals surface area contributed by atoms with Crippen molar-refractivity contribution in [3.63, 3.8) is 0 Å². The summed E-state index contributed by atoms with van der Waals surface area (Å²) in [5.74, 6) is 0.595. The van der Waals surface area contributed by atoms with Crippen LogP contribution in [0.3, 0.4) is 0 Å². The predicted octanol–water partition coefficient (Wildman–Crippen LogP) is 6.11. The largest absolute Gasteiger partial charge is 0.385 e. The Morgan fingerprint density at radius 1 is 0.956 bits per heavy atom. The van der Waals surface area contributed by atoms with Gasteiger partial charge in [0.2, 0.25) is 0 Å². The molecule has 1 unspecified atom stereocenters. The Balaban J connectivity index is 1.75. The first-order chi connectivity index (χ1) is 21.7. The van der Waals surface area contributed by atoms with Crippen molar-refractivity contribution in [1.29, 1.82) is 5.26 Å². The molecule has 1 aromatic heterocycles. The number of nitriles is 1. The fourth-order valence-electron chi connectivity index (χ4n) is 3.67. The van der Waals surface area contributed by atoms with Crippen molar-refractivity contribution < 1.29 is 26.7 Å². The van der Waals surface area contributed by atoms with Crippen molar-refractivity contribution in [3.05, 3.63) is 71.6 Å². The zero-order valence-corrected chi connectivity index (χ0v) is 26.5. The predicted molar refractivity (Wildman–Crippen MR) is 172 cm³/mol. The minimum Gasteiger partial charge on any atom is -0.385 e. The molecule has 3 N–H and O–H groups in total. The molecule has 238 valence electrons. The van der Waals surface area contributed by atoms with Gasteiger partial charge in [0.25, 0.3) is 0 Å². The summed E-state index contributed by atoms with van der Waals surface area (Å²) in [4.78, 5) is 4.88. The fourth-order valence-corrected chi connectivity index (χ4v) is 4.55. The van der Waals surface area contributed by atoms with Crippen LogP contribution in [0.25, 0.3) is 0 Å². The molecule has 0 fully saturated rings. The molecule has 1 atom stereocenters. The van der Waals surface area contributed by atoms with E-state index in [9.17, 15) is 17.9 Å². The minimum absolute atomic E-state index is 0.0202. The molecule has 0 amide bonds. The summed E-state index contributed by atoms with van der Waals surface area (Å²) in [6, 6.07) is 15.2. The van der Waals surface area contributed by atoms with Crippen LogP contribution in [0, 0.1) is 18.3 Å². The van der Waals surface area contributed by atoms with Crippen LogP contribution in [0.2, 0.25) is 0 Å². The highest BCUT2D eigenvalue weighted by Crippen LogP contribution is 2.35. The Morgan fingerprint density at radius 2 is 1.53 bits per heavy atom. The zero-order chi connectivity index (χ0) is 32.7. The number of methoxy groups -OCH3 is 1. The Bertz CT molecular complexity index is 1670. The SMILES string of the molecule is C=CS(=O)(=O)CCOCCNc1nc(NCCCOC)c(N=Nc2ccc(N=Nc3ccc(S(=O)O)cc3)cc2)c(C)c1C#N. The lowest BCUT2D eigenvalue weighted by molar-refractivity contribution is 0.159. The lowest BCUT2D eigenvalue weighted by Gasteiger charge is -2.15. The van der Waals surface area contributed by atoms with Crippen molar-refractivity contribution in [2.45, 2.75) is 18.2 Å². The third-order valence-corrected chi connectivity index (χ3v) is 8.00. The first-order valence-corrected chi connectivity index (χ1v) is 16.5. The second kappa shape index (κ2) is 17.8. The molecular formula is C29H34N8O6S2. The van der Waals surface area contributed by atoms with E-state index in [0.717, 1.165) is 5.41 Å². The van der Waals surface area contributed by atoms with E-state index in [1.54, 1.807) is 50.4 Å². The van der Waals surface area contributed by atoms with Crippen LogP contribution >= 0.6 is 0 Å². The van der Waals surface area contributed by atoms with E-state index in [0.29, 0.717) is 59.5 Å². The van der Waals surface area contributed by atoms with Crippen molar-refractivity contribution in [1.82, 2.24) is 4.98 Å². The molecular weight excluding hydrogens is 621 g/mol. The van der Waals surface area contributed by atoms with E-state index in [2.05, 4.69) is 48.7 Å². The number of sulfone groups is 1. The number of anilines is 2. The van der Waals surface area contributed by atoms with E-state index in [4.69, 9.17) is 14.0 Å². The maximum absolute atomic E-state index is 11.5. The van der Waals surface area contributed by atoms with Crippen LogP contribution in [-0.2, 0) is 30.4 Å². The standard InChI is InChI=1S/C29H34N8O6S2/c1-4-45(40,41)19-18-43-17-15-32-28-26(20-30)21(2)27(29(33-28)31-14-5-16-42-3)37-36-23-8-6-22(7-9-23)34-35-24-10-12-25(13-11-24)44(38)39/h4,6-13H,1,5,14-19H2,2-3H3,(H,38,39)(H2,31,32,33). The van der Waals surface area contributed by atoms with E-state index < -0.39 is 20.9 Å². The van der Waals surface area contributed by atoms with Crippen molar-refractivity contribution in [2.75, 3.05) is 56.4 Å². The number of nitrogens with one attached hydrogen (secondary N) is 2. The molecule has 0 spiro atoms. The molecule has 0 radical (unpaired) electrons. The third-order valence-electron chi connectivity index (χ3n) is 6.08. The van der Waals surface area contributed by atoms with E-state index in [1.807, 2.05) is 0 Å². The van der Waals surface area contributed by atoms with Gasteiger partial charge in [0.1, 0.15) is 17.6 Å². The number of hydrogen-bond donors (Lipinski definition) is 3. The van der Waals surface area contributed by atoms with E-state index in [-0.39, 0.29) is 36.0 Å². The first-order valence-electron chi connectivity index (χ1n) is 13.7. The van der Waals surface area contributed by atoms with E-state index in [1.165, 1.54) is 12.1 Å². The summed E-state index contributed by atoms with van der Waals surface area (Å²) in [5.41, 5.74) is 2.87. The lowest BCUT2D eigenvalue weighted by atomic mass is 10.1. The summed E-state index contributed by atoms with van der Waals surface area (Å²) < 4.78 is 53.8. The fraction of sp³-hybridized carbons (Fsp3) is 0.310. The van der Waals surface area contributed by atoms with Crippen LogP contribution in [0.5, 0.6) is 0 Å². The molecule has 0 aliphatic heterocycles. The number of rotatable bonds is 18. The Hall–Kier alpha value is -4.40. The molecule has 3 aromatic rings. The summed E-state index contributed by atoms with van der Waals surface area (Å²) in [6.07, 6.45) is 0.707. The molecule has 14 nitrogen and oxygen atoms in total. The number of hydrogen-bond acceptors (Lipinski definition) is 13. The van der Waals surface area contributed by atoms with Gasteiger partial charge >= 0.3 is 0 Å². The molecule has 45 heavy (non-hydrogen) atoms. The minimum atomic E-state index is -3.34. The molecule has 1 heterocycles. The van der Waals surface area contributed by atoms with Crippen LogP contribution in [0.1, 0.15) is 17.5 Å². The highest BCUT2D eigenvalue weighted by molar-refractivity contribution is 7.94. The number of aromatic nitrogens is 1. The van der Waals surface area contributed by atoms with Crippen LogP contribution < -0.4 is 10.6 Å². The van der Waals surface area contributed by atoms with Crippen LogP contribution in [0.15, 0.2) is 85.9 Å². The average Bonchev–Trinajstić information content (AvgIpc) is 3.04. The van der Waals surface area contributed by atoms with Crippen molar-refractivity contribution in [3.8, 4) is 6.07 Å². The topological polar surface area (TPSA) is 200 Å². The number of nitrogens with zero attached hydrogens (tertiary/aromatic N) is 6. The highest BCUT2D eigenvalue weighted by atomic mass is 32.2. The van der Waals surface area contributed by atoms with Gasteiger partial charge in [-0.1, -0.05) is 6.58 Å². The maximum atomic E-state index is 11.5. The van der Waals surface area contributed by atoms with Gasteiger partial charge in [-0.05, 0) is 61.9 Å².